The topological polar surface area (TPSA) is 80.6 Å². The predicted octanol–water partition coefficient (Wildman–Crippen LogP) is 3.89. The summed E-state index contributed by atoms with van der Waals surface area (Å²) < 4.78 is 17.8. The molecular weight excluding hydrogens is 367 g/mol. The number of carbonyl (C=O) groups is 1. The molecule has 1 saturated heterocycles. The van der Waals surface area contributed by atoms with Crippen LogP contribution in [0, 0.1) is 11.3 Å². The molecule has 0 aromatic heterocycles. The van der Waals surface area contributed by atoms with Crippen molar-refractivity contribution in [1.29, 1.82) is 5.26 Å². The van der Waals surface area contributed by atoms with Gasteiger partial charge in [-0.2, -0.15) is 5.26 Å². The van der Waals surface area contributed by atoms with E-state index in [1.54, 1.807) is 7.05 Å². The monoisotopic (exact) mass is 402 g/mol. The van der Waals surface area contributed by atoms with Crippen LogP contribution in [0.4, 0.5) is 0 Å². The Kier molecular flexibility index (Phi) is 9.35. The van der Waals surface area contributed by atoms with Gasteiger partial charge in [0, 0.05) is 13.3 Å². The van der Waals surface area contributed by atoms with Crippen molar-refractivity contribution in [1.82, 2.24) is 5.32 Å². The zero-order valence-electron chi connectivity index (χ0n) is 19.0. The summed E-state index contributed by atoms with van der Waals surface area (Å²) in [5.74, 6) is -0.388. The van der Waals surface area contributed by atoms with Crippen molar-refractivity contribution in [3.63, 3.8) is 0 Å². The van der Waals surface area contributed by atoms with E-state index >= 15 is 0 Å². The molecule has 0 bridgehead atoms. The highest BCUT2D eigenvalue weighted by Crippen LogP contribution is 2.38. The molecule has 1 N–H and O–H groups in total. The number of rotatable bonds is 9. The molecule has 0 aromatic rings. The molecule has 0 aromatic carbocycles. The van der Waals surface area contributed by atoms with Crippen molar-refractivity contribution in [2.45, 2.75) is 84.7 Å². The Bertz CT molecular complexity index is 688. The molecule has 0 spiro atoms. The van der Waals surface area contributed by atoms with Gasteiger partial charge in [-0.25, -0.2) is 0 Å². The number of carbonyl (C=O) groups excluding carboxylic acids is 1. The number of hydrogen-bond acceptors (Lipinski definition) is 6. The van der Waals surface area contributed by atoms with Gasteiger partial charge in [-0.15, -0.1) is 0 Å². The average Bonchev–Trinajstić information content (AvgIpc) is 2.85. The molecule has 6 nitrogen and oxygen atoms in total. The predicted molar refractivity (Wildman–Crippen MR) is 116 cm³/mol. The number of hydrogen-bond donors (Lipinski definition) is 1. The second kappa shape index (κ2) is 10.8. The van der Waals surface area contributed by atoms with Gasteiger partial charge in [-0.3, -0.25) is 4.79 Å². The van der Waals surface area contributed by atoms with Crippen LogP contribution < -0.4 is 5.32 Å². The Morgan fingerprint density at radius 2 is 1.83 bits per heavy atom. The second-order valence-electron chi connectivity index (χ2n) is 8.29. The van der Waals surface area contributed by atoms with Gasteiger partial charge in [-0.05, 0) is 66.1 Å². The van der Waals surface area contributed by atoms with Crippen molar-refractivity contribution in [3.8, 4) is 6.07 Å². The molecule has 1 fully saturated rings. The van der Waals surface area contributed by atoms with E-state index < -0.39 is 30.5 Å². The van der Waals surface area contributed by atoms with Crippen LogP contribution in [0.5, 0.6) is 0 Å². The van der Waals surface area contributed by atoms with Crippen LogP contribution in [-0.4, -0.2) is 43.5 Å². The Balaban J connectivity index is 3.24. The first kappa shape index (κ1) is 25.2. The smallest absolute Gasteiger partial charge is 0.458 e. The van der Waals surface area contributed by atoms with Crippen LogP contribution in [0.3, 0.4) is 0 Å². The molecule has 1 aliphatic rings. The first-order valence-corrected chi connectivity index (χ1v) is 10.1. The van der Waals surface area contributed by atoms with Crippen LogP contribution in [0.15, 0.2) is 35.3 Å². The van der Waals surface area contributed by atoms with Crippen molar-refractivity contribution in [2.75, 3.05) is 7.05 Å². The average molecular weight is 402 g/mol. The van der Waals surface area contributed by atoms with Crippen LogP contribution >= 0.6 is 0 Å². The summed E-state index contributed by atoms with van der Waals surface area (Å²) in [7, 11) is 1.23. The van der Waals surface area contributed by atoms with Crippen molar-refractivity contribution in [2.24, 2.45) is 0 Å². The molecular formula is C22H35BN2O4. The highest BCUT2D eigenvalue weighted by molar-refractivity contribution is 6.54. The van der Waals surface area contributed by atoms with Gasteiger partial charge in [0.15, 0.2) is 0 Å². The lowest BCUT2D eigenvalue weighted by atomic mass is 9.77. The Labute approximate surface area is 176 Å². The third-order valence-electron chi connectivity index (χ3n) is 5.38. The summed E-state index contributed by atoms with van der Waals surface area (Å²) in [5.41, 5.74) is 0.829. The largest absolute Gasteiger partial charge is 0.490 e. The van der Waals surface area contributed by atoms with Gasteiger partial charge in [0.25, 0.3) is 0 Å². The molecule has 1 aliphatic heterocycles. The number of nitriles is 1. The van der Waals surface area contributed by atoms with Gasteiger partial charge >= 0.3 is 13.1 Å². The zero-order valence-corrected chi connectivity index (χ0v) is 19.0. The zero-order chi connectivity index (χ0) is 22.2. The van der Waals surface area contributed by atoms with E-state index in [0.717, 1.165) is 11.0 Å². The number of ether oxygens (including phenoxy) is 1. The fraction of sp³-hybridized carbons (Fsp3) is 0.636. The summed E-state index contributed by atoms with van der Waals surface area (Å²) in [6.45, 7) is 13.3. The quantitative estimate of drug-likeness (QED) is 0.273. The number of allylic oxidation sites excluding steroid dienone is 4. The van der Waals surface area contributed by atoms with E-state index in [0.29, 0.717) is 12.8 Å². The number of nitrogens with one attached hydrogen (secondary N) is 1. The summed E-state index contributed by atoms with van der Waals surface area (Å²) in [6.07, 6.45) is 8.42. The van der Waals surface area contributed by atoms with E-state index in [4.69, 9.17) is 14.0 Å². The molecule has 0 aliphatic carbocycles. The van der Waals surface area contributed by atoms with Crippen molar-refractivity contribution < 1.29 is 18.8 Å². The summed E-state index contributed by atoms with van der Waals surface area (Å²) in [6, 6.07) is 1.76. The molecule has 160 valence electrons. The molecule has 2 unspecified atom stereocenters. The first-order valence-electron chi connectivity index (χ1n) is 10.1. The Hall–Kier alpha value is -1.88. The highest BCUT2D eigenvalue weighted by atomic mass is 16.7. The standard InChI is InChI=1S/C22H35BN2O4/c1-9-10-11-12-18(20(27-17(3)26)14-19(15-24)25-8)13-16(2)23-28-21(4,5)22(6,7)29-23/h9-10,12-13,19-20,25H,11,14H2,1-8H3/b10-9-,16-13+,18-12-. The minimum Gasteiger partial charge on any atom is -0.458 e. The molecule has 0 saturated carbocycles. The van der Waals surface area contributed by atoms with Crippen molar-refractivity contribution in [3.05, 3.63) is 35.3 Å². The SMILES string of the molecule is C/C=C\C/C=C(/C=C(\C)B1OC(C)(C)C(C)(C)O1)C(CC(C#N)NC)OC(C)=O. The van der Waals surface area contributed by atoms with Crippen LogP contribution in [0.2, 0.25) is 0 Å². The molecule has 7 heteroatoms. The lowest BCUT2D eigenvalue weighted by Crippen LogP contribution is -2.41. The fourth-order valence-electron chi connectivity index (χ4n) is 2.89. The molecule has 0 amide bonds. The van der Waals surface area contributed by atoms with Crippen molar-refractivity contribution >= 4 is 13.1 Å². The Morgan fingerprint density at radius 1 is 1.24 bits per heavy atom. The van der Waals surface area contributed by atoms with Crippen LogP contribution in [0.1, 0.15) is 61.3 Å². The van der Waals surface area contributed by atoms with E-state index in [-0.39, 0.29) is 5.97 Å². The molecule has 0 radical (unpaired) electrons. The maximum Gasteiger partial charge on any atom is 0.490 e. The molecule has 1 rings (SSSR count). The third-order valence-corrected chi connectivity index (χ3v) is 5.38. The second-order valence-corrected chi connectivity index (χ2v) is 8.29. The fourth-order valence-corrected chi connectivity index (χ4v) is 2.89. The van der Waals surface area contributed by atoms with E-state index in [9.17, 15) is 10.1 Å². The van der Waals surface area contributed by atoms with Crippen LogP contribution in [-0.2, 0) is 18.8 Å². The highest BCUT2D eigenvalue weighted by Gasteiger charge is 2.51. The van der Waals surface area contributed by atoms with Gasteiger partial charge in [0.1, 0.15) is 6.10 Å². The van der Waals surface area contributed by atoms with E-state index in [1.807, 2.05) is 65.8 Å². The third kappa shape index (κ3) is 7.15. The van der Waals surface area contributed by atoms with Crippen LogP contribution in [0.25, 0.3) is 0 Å². The van der Waals surface area contributed by atoms with Gasteiger partial charge < -0.3 is 19.4 Å². The summed E-state index contributed by atoms with van der Waals surface area (Å²) in [4.78, 5) is 11.7. The molecule has 2 atom stereocenters. The molecule has 1 heterocycles. The minimum atomic E-state index is -0.549. The Morgan fingerprint density at radius 3 is 2.28 bits per heavy atom. The number of nitrogens with zero attached hydrogens (tertiary/aromatic N) is 1. The lowest BCUT2D eigenvalue weighted by Gasteiger charge is -2.32. The van der Waals surface area contributed by atoms with E-state index in [1.165, 1.54) is 6.92 Å². The molecule has 29 heavy (non-hydrogen) atoms. The van der Waals surface area contributed by atoms with Gasteiger partial charge in [0.2, 0.25) is 0 Å². The van der Waals surface area contributed by atoms with Gasteiger partial charge in [-0.1, -0.05) is 24.3 Å². The lowest BCUT2D eigenvalue weighted by molar-refractivity contribution is -0.144. The maximum absolute atomic E-state index is 11.7. The minimum absolute atomic E-state index is 0.349. The first-order chi connectivity index (χ1) is 13.5. The normalized spacial score (nSPS) is 21.1. The summed E-state index contributed by atoms with van der Waals surface area (Å²) in [5, 5.41) is 12.3. The van der Waals surface area contributed by atoms with E-state index in [2.05, 4.69) is 11.4 Å². The summed E-state index contributed by atoms with van der Waals surface area (Å²) >= 11 is 0. The van der Waals surface area contributed by atoms with Gasteiger partial charge in [0.05, 0.1) is 23.3 Å². The maximum atomic E-state index is 11.7. The number of esters is 1.